The Labute approximate surface area is 324 Å². The van der Waals surface area contributed by atoms with Crippen LogP contribution >= 0.6 is 0 Å². The van der Waals surface area contributed by atoms with Gasteiger partial charge >= 0.3 is 0 Å². The quantitative estimate of drug-likeness (QED) is 0.174. The summed E-state index contributed by atoms with van der Waals surface area (Å²) in [7, 11) is 0. The Morgan fingerprint density at radius 1 is 0.438 bits per heavy atom. The molecule has 8 aromatic carbocycles. The molecule has 0 saturated heterocycles. The van der Waals surface area contributed by atoms with Gasteiger partial charge in [-0.3, -0.25) is 0 Å². The van der Waals surface area contributed by atoms with E-state index in [0.29, 0.717) is 0 Å². The number of hydrogen-bond acceptors (Lipinski definition) is 1. The fraction of sp³-hybridized carbons (Fsp3) is 0.0638. The molecule has 1 aromatic heterocycles. The van der Waals surface area contributed by atoms with Crippen molar-refractivity contribution in [2.75, 3.05) is 0 Å². The van der Waals surface area contributed by atoms with Gasteiger partial charge in [0.1, 0.15) is 11.2 Å². The first-order valence-electron chi connectivity index (χ1n) is 30.2. The van der Waals surface area contributed by atoms with Crippen LogP contribution in [0.4, 0.5) is 0 Å². The van der Waals surface area contributed by atoms with Gasteiger partial charge in [-0.15, -0.1) is 0 Å². The van der Waals surface area contributed by atoms with Gasteiger partial charge in [-0.1, -0.05) is 153 Å². The van der Waals surface area contributed by atoms with Gasteiger partial charge < -0.3 is 4.42 Å². The van der Waals surface area contributed by atoms with Crippen molar-refractivity contribution in [3.63, 3.8) is 0 Å². The Morgan fingerprint density at radius 2 is 0.958 bits per heavy atom. The number of para-hydroxylation sites is 1. The van der Waals surface area contributed by atoms with Gasteiger partial charge in [0.15, 0.2) is 0 Å². The molecule has 0 bridgehead atoms. The number of rotatable bonds is 3. The molecule has 10 rings (SSSR count). The van der Waals surface area contributed by atoms with Crippen LogP contribution in [0.25, 0.3) is 88.0 Å². The fourth-order valence-corrected chi connectivity index (χ4v) is 6.14. The number of hydrogen-bond donors (Lipinski definition) is 0. The lowest BCUT2D eigenvalue weighted by atomic mass is 9.80. The van der Waals surface area contributed by atoms with Crippen molar-refractivity contribution in [3.8, 4) is 44.5 Å². The maximum absolute atomic E-state index is 9.97. The first-order chi connectivity index (χ1) is 36.9. The highest BCUT2D eigenvalue weighted by Crippen LogP contribution is 2.51. The van der Waals surface area contributed by atoms with Crippen LogP contribution in [0.2, 0.25) is 0 Å². The topological polar surface area (TPSA) is 13.1 Å². The van der Waals surface area contributed by atoms with E-state index in [1.54, 1.807) is 0 Å². The Balaban J connectivity index is 1.46. The van der Waals surface area contributed by atoms with E-state index in [4.69, 9.17) is 33.2 Å². The molecule has 0 atom stereocenters. The lowest BCUT2D eigenvalue weighted by Crippen LogP contribution is -2.14. The minimum absolute atomic E-state index is 0.477. The molecule has 0 saturated carbocycles. The van der Waals surface area contributed by atoms with E-state index in [2.05, 4.69) is 0 Å². The van der Waals surface area contributed by atoms with Crippen molar-refractivity contribution < 1.29 is 48.3 Å². The molecule has 1 heteroatoms. The second kappa shape index (κ2) is 10.0. The predicted octanol–water partition coefficient (Wildman–Crippen LogP) is 13.2. The number of furan rings is 1. The molecule has 0 aliphatic heterocycles. The fourth-order valence-electron chi connectivity index (χ4n) is 6.14. The van der Waals surface area contributed by atoms with Crippen LogP contribution < -0.4 is 0 Å². The Bertz CT molecular complexity index is 4330. The van der Waals surface area contributed by atoms with Gasteiger partial charge in [-0.2, -0.15) is 0 Å². The predicted molar refractivity (Wildman–Crippen MR) is 203 cm³/mol. The maximum atomic E-state index is 9.97. The summed E-state index contributed by atoms with van der Waals surface area (Å²) in [5.41, 5.74) is -14.4. The molecule has 9 aromatic rings. The molecule has 1 aliphatic carbocycles. The molecular weight excluding hydrogens is 581 g/mol. The molecule has 0 unspecified atom stereocenters. The van der Waals surface area contributed by atoms with E-state index in [1.807, 2.05) is 0 Å². The highest BCUT2D eigenvalue weighted by Gasteiger charge is 2.35. The lowest BCUT2D eigenvalue weighted by molar-refractivity contribution is 0.660. The van der Waals surface area contributed by atoms with Crippen LogP contribution in [-0.4, -0.2) is 0 Å². The van der Waals surface area contributed by atoms with Crippen molar-refractivity contribution >= 4 is 43.5 Å². The highest BCUT2D eigenvalue weighted by molar-refractivity contribution is 6.21. The zero-order valence-corrected chi connectivity index (χ0v) is 23.9. The monoisotopic (exact) mass is 644 g/mol. The van der Waals surface area contributed by atoms with Gasteiger partial charge in [0.2, 0.25) is 0 Å². The minimum Gasteiger partial charge on any atom is -0.456 e. The zero-order valence-electron chi connectivity index (χ0n) is 55.9. The summed E-state index contributed by atoms with van der Waals surface area (Å²) >= 11 is 0. The summed E-state index contributed by atoms with van der Waals surface area (Å²) in [6.45, 7) is -7.87. The van der Waals surface area contributed by atoms with Gasteiger partial charge in [0.25, 0.3) is 0 Å². The summed E-state index contributed by atoms with van der Waals surface area (Å²) in [6, 6.07) is -27.6. The Hall–Kier alpha value is -5.92. The normalized spacial score (nSPS) is 23.3. The van der Waals surface area contributed by atoms with Gasteiger partial charge in [0, 0.05) is 24.4 Å². The summed E-state index contributed by atoms with van der Waals surface area (Å²) < 4.78 is 295. The molecule has 1 heterocycles. The van der Waals surface area contributed by atoms with Crippen LogP contribution in [-0.2, 0) is 5.41 Å². The van der Waals surface area contributed by atoms with E-state index < -0.39 is 275 Å². The molecule has 0 radical (unpaired) electrons. The van der Waals surface area contributed by atoms with Crippen LogP contribution in [0.15, 0.2) is 162 Å². The van der Waals surface area contributed by atoms with Crippen LogP contribution in [0.1, 0.15) is 68.7 Å². The summed E-state index contributed by atoms with van der Waals surface area (Å²) in [4.78, 5) is 0. The average molecular weight is 645 g/mol. The van der Waals surface area contributed by atoms with Crippen molar-refractivity contribution in [3.05, 3.63) is 168 Å². The number of fused-ring (bicyclic) bond motifs is 8. The van der Waals surface area contributed by atoms with Crippen molar-refractivity contribution in [1.82, 2.24) is 0 Å². The third-order valence-corrected chi connectivity index (χ3v) is 8.20. The van der Waals surface area contributed by atoms with Crippen LogP contribution in [0.3, 0.4) is 0 Å². The second-order valence-corrected chi connectivity index (χ2v) is 10.8. The van der Waals surface area contributed by atoms with Gasteiger partial charge in [-0.25, -0.2) is 0 Å². The SMILES string of the molecule is [2H]c1c([2H])c([2H])c2c(c1[2H])-c1c([2H])c([2H])c(-c3c4c([2H])c([2H])c([2H])c([2H])c4c(-c4c([2H])c([2H])c(-c5c([2H])c([2H])c([2H])c6oc7c([2H])c([2H])c([2H])c([2H])c7c56)c([2H])c4[2H])c4c([2H])c([2H])c([2H])c([2H])c34)c([2H])c1C2(C([2H])([2H])[2H])C([2H])([2H])[2H]. The molecular formula is C47H32O. The van der Waals surface area contributed by atoms with Crippen molar-refractivity contribution in [2.45, 2.75) is 19.1 Å². The molecule has 48 heavy (non-hydrogen) atoms. The molecule has 1 nitrogen and oxygen atoms in total. The summed E-state index contributed by atoms with van der Waals surface area (Å²) in [5, 5.41) is -4.66. The van der Waals surface area contributed by atoms with Crippen molar-refractivity contribution in [1.29, 1.82) is 0 Å². The van der Waals surface area contributed by atoms with Gasteiger partial charge in [-0.05, 0) is 95.3 Å². The largest absolute Gasteiger partial charge is 0.456 e. The van der Waals surface area contributed by atoms with E-state index >= 15 is 0 Å². The third-order valence-electron chi connectivity index (χ3n) is 8.20. The molecule has 1 aliphatic rings. The minimum atomic E-state index is -3.93. The zero-order chi connectivity index (χ0) is 59.6. The maximum Gasteiger partial charge on any atom is 0.136 e. The second-order valence-electron chi connectivity index (χ2n) is 10.8. The Kier molecular flexibility index (Phi) is 2.15. The van der Waals surface area contributed by atoms with Crippen LogP contribution in [0.5, 0.6) is 0 Å². The number of benzene rings is 8. The highest BCUT2D eigenvalue weighted by atomic mass is 16.3. The lowest BCUT2D eigenvalue weighted by Gasteiger charge is -2.23. The summed E-state index contributed by atoms with van der Waals surface area (Å²) in [6.07, 6.45) is 0. The first-order valence-corrected chi connectivity index (χ1v) is 14.2. The smallest absolute Gasteiger partial charge is 0.136 e. The van der Waals surface area contributed by atoms with Crippen LogP contribution in [0, 0.1) is 0 Å². The molecule has 0 amide bonds. The average Bonchev–Trinajstić information content (AvgIpc) is 3.96. The van der Waals surface area contributed by atoms with E-state index in [-0.39, 0.29) is 0 Å². The molecule has 0 N–H and O–H groups in total. The third kappa shape index (κ3) is 3.79. The molecule has 0 fully saturated rings. The Morgan fingerprint density at radius 3 is 1.67 bits per heavy atom. The van der Waals surface area contributed by atoms with E-state index in [0.717, 1.165) is 0 Å². The first kappa shape index (κ1) is 10.3. The van der Waals surface area contributed by atoms with Crippen molar-refractivity contribution in [2.24, 2.45) is 0 Å². The summed E-state index contributed by atoms with van der Waals surface area (Å²) in [5.74, 6) is 0. The van der Waals surface area contributed by atoms with Gasteiger partial charge in [0.05, 0.1) is 35.6 Å². The molecule has 0 spiro atoms. The van der Waals surface area contributed by atoms with E-state index in [9.17, 15) is 15.1 Å². The molecule has 226 valence electrons. The van der Waals surface area contributed by atoms with E-state index in [1.165, 1.54) is 0 Å². The standard InChI is InChI=1S/C47H32O/c1-47(2)40-19-9-7-12-33(40)34-27-26-31(28-41(34)47)45-37-15-5-3-13-35(37)44(36-14-4-6-16-38(36)45)30-24-22-29(23-25-30)32-18-11-21-43-46(32)39-17-8-10-20-42(39)48-43/h3-28H,1-2H3/i1D3,2D3,3D,4D,5D,6D,7D,8D,9D,10D,11D,12D,13D,14D,15D,16D,17D,18D,19D,20D,21D,22D,23D,24D,25D,26D,27D,28D.